The highest BCUT2D eigenvalue weighted by atomic mass is 16.5. The van der Waals surface area contributed by atoms with E-state index in [9.17, 15) is 4.79 Å². The minimum atomic E-state index is -0.0437. The number of hydrogen-bond donors (Lipinski definition) is 0. The third-order valence-electron chi connectivity index (χ3n) is 4.45. The molecule has 2 heteroatoms. The van der Waals surface area contributed by atoms with Gasteiger partial charge in [-0.2, -0.15) is 0 Å². The fourth-order valence-electron chi connectivity index (χ4n) is 3.16. The van der Waals surface area contributed by atoms with Crippen LogP contribution in [0.2, 0.25) is 0 Å². The van der Waals surface area contributed by atoms with Gasteiger partial charge in [-0.3, -0.25) is 4.79 Å². The molecule has 0 bridgehead atoms. The fourth-order valence-corrected chi connectivity index (χ4v) is 3.16. The molecule has 0 aliphatic heterocycles. The summed E-state index contributed by atoms with van der Waals surface area (Å²) < 4.78 is 5.67. The summed E-state index contributed by atoms with van der Waals surface area (Å²) in [5.41, 5.74) is 2.51. The lowest BCUT2D eigenvalue weighted by molar-refractivity contribution is -0.151. The predicted octanol–water partition coefficient (Wildman–Crippen LogP) is 3.88. The first-order valence-corrected chi connectivity index (χ1v) is 7.33. The monoisotopic (exact) mass is 272 g/mol. The smallest absolute Gasteiger partial charge is 0.310 e. The zero-order chi connectivity index (χ0) is 14.9. The van der Waals surface area contributed by atoms with Crippen LogP contribution in [-0.2, 0) is 9.53 Å². The average Bonchev–Trinajstić information content (AvgIpc) is 2.70. The minimum Gasteiger partial charge on any atom is -0.461 e. The average molecular weight is 272 g/mol. The van der Waals surface area contributed by atoms with Gasteiger partial charge in [0.25, 0.3) is 0 Å². The lowest BCUT2D eigenvalue weighted by atomic mass is 10.1. The minimum absolute atomic E-state index is 0.00500. The van der Waals surface area contributed by atoms with Crippen LogP contribution in [0.5, 0.6) is 0 Å². The van der Waals surface area contributed by atoms with Crippen LogP contribution in [0.25, 0.3) is 0 Å². The first-order valence-electron chi connectivity index (χ1n) is 7.33. The van der Waals surface area contributed by atoms with E-state index in [2.05, 4.69) is 45.8 Å². The second kappa shape index (κ2) is 5.48. The van der Waals surface area contributed by atoms with Crippen molar-refractivity contribution >= 4 is 5.97 Å². The van der Waals surface area contributed by atoms with Crippen LogP contribution in [0.1, 0.15) is 47.0 Å². The Morgan fingerprint density at radius 1 is 1.55 bits per heavy atom. The van der Waals surface area contributed by atoms with Gasteiger partial charge in [0.15, 0.2) is 0 Å². The topological polar surface area (TPSA) is 26.3 Å². The molecule has 2 nitrogen and oxygen atoms in total. The van der Waals surface area contributed by atoms with Crippen LogP contribution in [0.4, 0.5) is 0 Å². The maximum atomic E-state index is 12.3. The second-order valence-electron chi connectivity index (χ2n) is 6.81. The molecule has 0 aromatic carbocycles. The first-order chi connectivity index (χ1) is 9.36. The normalized spacial score (nSPS) is 30.1. The molecule has 3 atom stereocenters. The van der Waals surface area contributed by atoms with Crippen LogP contribution >= 0.6 is 0 Å². The zero-order valence-corrected chi connectivity index (χ0v) is 12.9. The summed E-state index contributed by atoms with van der Waals surface area (Å²) in [7, 11) is 0. The highest BCUT2D eigenvalue weighted by Gasteiger charge is 2.61. The van der Waals surface area contributed by atoms with Crippen LogP contribution < -0.4 is 0 Å². The van der Waals surface area contributed by atoms with Crippen molar-refractivity contribution in [1.82, 2.24) is 0 Å². The molecule has 2 rings (SSSR count). The molecule has 0 radical (unpaired) electrons. The lowest BCUT2D eigenvalue weighted by Gasteiger charge is -2.12. The number of terminal acetylenes is 1. The molecule has 0 spiro atoms. The van der Waals surface area contributed by atoms with E-state index in [1.54, 1.807) is 0 Å². The molecule has 0 aromatic heterocycles. The van der Waals surface area contributed by atoms with Gasteiger partial charge in [-0.1, -0.05) is 37.1 Å². The lowest BCUT2D eigenvalue weighted by Crippen LogP contribution is -2.18. The van der Waals surface area contributed by atoms with Gasteiger partial charge in [0.2, 0.25) is 0 Å². The SMILES string of the molecule is C#CCC1=CCC(OC(=O)[C@@H]2[C@H](C=C(C)C)C2(C)C)C1. The van der Waals surface area contributed by atoms with Crippen molar-refractivity contribution in [3.8, 4) is 12.3 Å². The first kappa shape index (κ1) is 14.9. The highest BCUT2D eigenvalue weighted by molar-refractivity contribution is 5.78. The largest absolute Gasteiger partial charge is 0.461 e. The molecule has 2 aliphatic rings. The summed E-state index contributed by atoms with van der Waals surface area (Å²) in [6.07, 6.45) is 11.9. The predicted molar refractivity (Wildman–Crippen MR) is 80.8 cm³/mol. The number of carbonyl (C=O) groups is 1. The Balaban J connectivity index is 1.89. The molecular weight excluding hydrogens is 248 g/mol. The number of hydrogen-bond acceptors (Lipinski definition) is 2. The van der Waals surface area contributed by atoms with E-state index >= 15 is 0 Å². The van der Waals surface area contributed by atoms with Gasteiger partial charge in [0.05, 0.1) is 5.92 Å². The summed E-state index contributed by atoms with van der Waals surface area (Å²) >= 11 is 0. The summed E-state index contributed by atoms with van der Waals surface area (Å²) in [6.45, 7) is 8.42. The Labute approximate surface area is 122 Å². The summed E-state index contributed by atoms with van der Waals surface area (Å²) in [4.78, 5) is 12.3. The van der Waals surface area contributed by atoms with Crippen molar-refractivity contribution in [1.29, 1.82) is 0 Å². The van der Waals surface area contributed by atoms with Gasteiger partial charge in [0.1, 0.15) is 6.10 Å². The molecule has 0 heterocycles. The molecule has 0 aromatic rings. The van der Waals surface area contributed by atoms with E-state index < -0.39 is 0 Å². The Hall–Kier alpha value is -1.49. The van der Waals surface area contributed by atoms with Crippen molar-refractivity contribution in [2.75, 3.05) is 0 Å². The van der Waals surface area contributed by atoms with Crippen molar-refractivity contribution in [3.63, 3.8) is 0 Å². The number of esters is 1. The second-order valence-corrected chi connectivity index (χ2v) is 6.81. The van der Waals surface area contributed by atoms with Crippen LogP contribution in [0, 0.1) is 29.6 Å². The van der Waals surface area contributed by atoms with Crippen LogP contribution in [-0.4, -0.2) is 12.1 Å². The van der Waals surface area contributed by atoms with Gasteiger partial charge in [0, 0.05) is 19.3 Å². The molecule has 20 heavy (non-hydrogen) atoms. The third kappa shape index (κ3) is 2.98. The molecule has 1 saturated carbocycles. The summed E-state index contributed by atoms with van der Waals surface area (Å²) in [5, 5.41) is 0. The molecular formula is C18H24O2. The van der Waals surface area contributed by atoms with Crippen molar-refractivity contribution in [2.45, 2.75) is 53.1 Å². The van der Waals surface area contributed by atoms with E-state index in [-0.39, 0.29) is 23.4 Å². The fraction of sp³-hybridized carbons (Fsp3) is 0.611. The van der Waals surface area contributed by atoms with Gasteiger partial charge >= 0.3 is 5.97 Å². The molecule has 108 valence electrons. The number of allylic oxidation sites excluding steroid dienone is 2. The van der Waals surface area contributed by atoms with Crippen molar-refractivity contribution in [2.24, 2.45) is 17.3 Å². The zero-order valence-electron chi connectivity index (χ0n) is 12.9. The Kier molecular flexibility index (Phi) is 4.09. The highest BCUT2D eigenvalue weighted by Crippen LogP contribution is 2.60. The van der Waals surface area contributed by atoms with Crippen molar-refractivity contribution in [3.05, 3.63) is 23.3 Å². The summed E-state index contributed by atoms with van der Waals surface area (Å²) in [6, 6.07) is 0. The van der Waals surface area contributed by atoms with Gasteiger partial charge in [-0.25, -0.2) is 0 Å². The van der Waals surface area contributed by atoms with Crippen molar-refractivity contribution < 1.29 is 9.53 Å². The third-order valence-corrected chi connectivity index (χ3v) is 4.45. The van der Waals surface area contributed by atoms with Crippen LogP contribution in [0.15, 0.2) is 23.3 Å². The van der Waals surface area contributed by atoms with Gasteiger partial charge < -0.3 is 4.74 Å². The Bertz CT molecular complexity index is 498. The van der Waals surface area contributed by atoms with E-state index in [1.165, 1.54) is 11.1 Å². The maximum Gasteiger partial charge on any atom is 0.310 e. The molecule has 0 N–H and O–H groups in total. The van der Waals surface area contributed by atoms with E-state index in [1.807, 2.05) is 0 Å². The number of rotatable bonds is 4. The Morgan fingerprint density at radius 3 is 2.85 bits per heavy atom. The van der Waals surface area contributed by atoms with Gasteiger partial charge in [-0.05, 0) is 25.2 Å². The van der Waals surface area contributed by atoms with Gasteiger partial charge in [-0.15, -0.1) is 12.3 Å². The van der Waals surface area contributed by atoms with E-state index in [0.29, 0.717) is 12.3 Å². The molecule has 1 unspecified atom stereocenters. The number of carbonyl (C=O) groups excluding carboxylic acids is 1. The molecule has 0 saturated heterocycles. The molecule has 1 fully saturated rings. The molecule has 2 aliphatic carbocycles. The standard InChI is InChI=1S/C18H24O2/c1-6-7-13-8-9-14(11-13)20-17(19)16-15(10-12(2)3)18(16,4)5/h1,8,10,14-16H,7,9,11H2,2-5H3/t14?,15-,16-/m0/s1. The quantitative estimate of drug-likeness (QED) is 0.441. The maximum absolute atomic E-state index is 12.3. The number of ether oxygens (including phenoxy) is 1. The van der Waals surface area contributed by atoms with E-state index in [0.717, 1.165) is 12.8 Å². The van der Waals surface area contributed by atoms with E-state index in [4.69, 9.17) is 11.2 Å². The Morgan fingerprint density at radius 2 is 2.25 bits per heavy atom. The van der Waals surface area contributed by atoms with Crippen LogP contribution in [0.3, 0.4) is 0 Å². The molecule has 0 amide bonds. The summed E-state index contributed by atoms with van der Waals surface area (Å²) in [5.74, 6) is 2.93.